The molecule has 3 heteroatoms. The molecular weight excluding hydrogens is 172 g/mol. The van der Waals surface area contributed by atoms with E-state index in [1.807, 2.05) is 12.4 Å². The maximum atomic E-state index is 5.61. The average molecular weight is 187 g/mol. The van der Waals surface area contributed by atoms with Crippen LogP contribution in [0.5, 0.6) is 0 Å². The minimum Gasteiger partial charge on any atom is -0.335 e. The number of aromatic nitrogens is 2. The fourth-order valence-corrected chi connectivity index (χ4v) is 1.35. The van der Waals surface area contributed by atoms with Gasteiger partial charge in [0.15, 0.2) is 0 Å². The van der Waals surface area contributed by atoms with Crippen LogP contribution in [0.4, 0.5) is 0 Å². The van der Waals surface area contributed by atoms with Gasteiger partial charge in [-0.15, -0.1) is 11.6 Å². The molecule has 0 aliphatic heterocycles. The van der Waals surface area contributed by atoms with Crippen LogP contribution < -0.4 is 0 Å². The molecule has 1 aromatic rings. The first-order chi connectivity index (χ1) is 5.88. The zero-order valence-electron chi connectivity index (χ0n) is 7.46. The lowest BCUT2D eigenvalue weighted by molar-refractivity contribution is 0.633. The van der Waals surface area contributed by atoms with Crippen molar-refractivity contribution in [2.75, 3.05) is 5.88 Å². The summed E-state index contributed by atoms with van der Waals surface area (Å²) in [6, 6.07) is 0. The van der Waals surface area contributed by atoms with Gasteiger partial charge in [0.2, 0.25) is 0 Å². The molecular formula is C9H15ClN2. The lowest BCUT2D eigenvalue weighted by atomic mass is 10.3. The Morgan fingerprint density at radius 2 is 2.42 bits per heavy atom. The first-order valence-electron chi connectivity index (χ1n) is 4.44. The third kappa shape index (κ3) is 2.52. The van der Waals surface area contributed by atoms with Crippen molar-refractivity contribution in [3.05, 3.63) is 18.2 Å². The first-order valence-corrected chi connectivity index (χ1v) is 4.98. The second kappa shape index (κ2) is 5.20. The van der Waals surface area contributed by atoms with Crippen molar-refractivity contribution in [2.45, 2.75) is 32.7 Å². The largest absolute Gasteiger partial charge is 0.335 e. The molecule has 2 nitrogen and oxygen atoms in total. The molecule has 0 unspecified atom stereocenters. The maximum absolute atomic E-state index is 5.61. The fraction of sp³-hybridized carbons (Fsp3) is 0.667. The van der Waals surface area contributed by atoms with E-state index in [2.05, 4.69) is 16.5 Å². The minimum absolute atomic E-state index is 0.726. The predicted molar refractivity (Wildman–Crippen MR) is 51.6 cm³/mol. The lowest BCUT2D eigenvalue weighted by Gasteiger charge is -2.04. The highest BCUT2D eigenvalue weighted by atomic mass is 35.5. The van der Waals surface area contributed by atoms with Gasteiger partial charge in [-0.3, -0.25) is 0 Å². The van der Waals surface area contributed by atoms with Crippen LogP contribution >= 0.6 is 11.6 Å². The van der Waals surface area contributed by atoms with E-state index < -0.39 is 0 Å². The molecule has 0 fully saturated rings. The zero-order valence-corrected chi connectivity index (χ0v) is 8.22. The molecule has 0 N–H and O–H groups in total. The number of hydrogen-bond acceptors (Lipinski definition) is 1. The van der Waals surface area contributed by atoms with Gasteiger partial charge in [-0.25, -0.2) is 4.98 Å². The summed E-state index contributed by atoms with van der Waals surface area (Å²) in [5.41, 5.74) is 0. The van der Waals surface area contributed by atoms with Crippen LogP contribution in [-0.4, -0.2) is 15.4 Å². The molecule has 0 aromatic carbocycles. The van der Waals surface area contributed by atoms with Crippen LogP contribution in [0.3, 0.4) is 0 Å². The maximum Gasteiger partial charge on any atom is 0.108 e. The second-order valence-corrected chi connectivity index (χ2v) is 3.21. The van der Waals surface area contributed by atoms with Gasteiger partial charge >= 0.3 is 0 Å². The summed E-state index contributed by atoms with van der Waals surface area (Å²) >= 11 is 5.61. The molecule has 68 valence electrons. The van der Waals surface area contributed by atoms with Crippen molar-refractivity contribution in [1.29, 1.82) is 0 Å². The van der Waals surface area contributed by atoms with Crippen molar-refractivity contribution < 1.29 is 0 Å². The van der Waals surface area contributed by atoms with Crippen molar-refractivity contribution in [3.8, 4) is 0 Å². The molecule has 1 aromatic heterocycles. The van der Waals surface area contributed by atoms with Crippen molar-refractivity contribution in [3.63, 3.8) is 0 Å². The number of nitrogens with zero attached hydrogens (tertiary/aromatic N) is 2. The van der Waals surface area contributed by atoms with Gasteiger partial charge in [-0.05, 0) is 12.8 Å². The minimum atomic E-state index is 0.726. The Morgan fingerprint density at radius 1 is 1.58 bits per heavy atom. The Bertz CT molecular complexity index is 220. The summed E-state index contributed by atoms with van der Waals surface area (Å²) in [5.74, 6) is 1.91. The molecule has 0 bridgehead atoms. The molecule has 0 spiro atoms. The Balaban J connectivity index is 2.51. The zero-order chi connectivity index (χ0) is 8.81. The van der Waals surface area contributed by atoms with Gasteiger partial charge in [0.1, 0.15) is 5.82 Å². The van der Waals surface area contributed by atoms with E-state index in [0.29, 0.717) is 0 Å². The van der Waals surface area contributed by atoms with E-state index in [0.717, 1.165) is 31.7 Å². The second-order valence-electron chi connectivity index (χ2n) is 2.83. The first kappa shape index (κ1) is 9.59. The summed E-state index contributed by atoms with van der Waals surface area (Å²) in [6.45, 7) is 3.17. The molecule has 0 saturated heterocycles. The van der Waals surface area contributed by atoms with E-state index in [1.54, 1.807) is 0 Å². The van der Waals surface area contributed by atoms with Crippen LogP contribution in [-0.2, 0) is 13.0 Å². The molecule has 0 radical (unpaired) electrons. The standard InChI is InChI=1S/C9H15ClN2/c1-2-4-9-11-6-8-12(9)7-3-5-10/h6,8H,2-5,7H2,1H3. The van der Waals surface area contributed by atoms with Gasteiger partial charge < -0.3 is 4.57 Å². The topological polar surface area (TPSA) is 17.8 Å². The van der Waals surface area contributed by atoms with Gasteiger partial charge in [0.05, 0.1) is 0 Å². The monoisotopic (exact) mass is 186 g/mol. The quantitative estimate of drug-likeness (QED) is 0.646. The number of alkyl halides is 1. The van der Waals surface area contributed by atoms with Gasteiger partial charge in [-0.1, -0.05) is 6.92 Å². The summed E-state index contributed by atoms with van der Waals surface area (Å²) in [6.07, 6.45) is 7.12. The Hall–Kier alpha value is -0.500. The van der Waals surface area contributed by atoms with Gasteiger partial charge in [0, 0.05) is 31.2 Å². The molecule has 0 aliphatic carbocycles. The highest BCUT2D eigenvalue weighted by Crippen LogP contribution is 2.02. The van der Waals surface area contributed by atoms with Crippen LogP contribution in [0, 0.1) is 0 Å². The van der Waals surface area contributed by atoms with Crippen LogP contribution in [0.2, 0.25) is 0 Å². The van der Waals surface area contributed by atoms with Crippen LogP contribution in [0.25, 0.3) is 0 Å². The molecule has 1 heterocycles. The average Bonchev–Trinajstić information content (AvgIpc) is 2.50. The van der Waals surface area contributed by atoms with Crippen LogP contribution in [0.15, 0.2) is 12.4 Å². The molecule has 0 saturated carbocycles. The van der Waals surface area contributed by atoms with E-state index in [1.165, 1.54) is 5.82 Å². The molecule has 0 amide bonds. The Morgan fingerprint density at radius 3 is 3.08 bits per heavy atom. The molecule has 0 aliphatic rings. The van der Waals surface area contributed by atoms with Crippen molar-refractivity contribution in [2.24, 2.45) is 0 Å². The smallest absolute Gasteiger partial charge is 0.108 e. The molecule has 1 rings (SSSR count). The van der Waals surface area contributed by atoms with Gasteiger partial charge in [-0.2, -0.15) is 0 Å². The van der Waals surface area contributed by atoms with E-state index in [4.69, 9.17) is 11.6 Å². The number of halogens is 1. The Kier molecular flexibility index (Phi) is 4.15. The summed E-state index contributed by atoms with van der Waals surface area (Å²) in [5, 5.41) is 0. The summed E-state index contributed by atoms with van der Waals surface area (Å²) in [4.78, 5) is 4.28. The highest BCUT2D eigenvalue weighted by Gasteiger charge is 1.99. The SMILES string of the molecule is CCCc1nccn1CCCCl. The van der Waals surface area contributed by atoms with Crippen LogP contribution in [0.1, 0.15) is 25.6 Å². The molecule has 0 atom stereocenters. The third-order valence-electron chi connectivity index (χ3n) is 1.81. The van der Waals surface area contributed by atoms with E-state index in [9.17, 15) is 0 Å². The lowest BCUT2D eigenvalue weighted by Crippen LogP contribution is -2.03. The molecule has 12 heavy (non-hydrogen) atoms. The predicted octanol–water partition coefficient (Wildman–Crippen LogP) is 2.46. The number of imidazole rings is 1. The van der Waals surface area contributed by atoms with Crippen molar-refractivity contribution >= 4 is 11.6 Å². The normalized spacial score (nSPS) is 10.5. The third-order valence-corrected chi connectivity index (χ3v) is 2.08. The fourth-order valence-electron chi connectivity index (χ4n) is 1.23. The number of rotatable bonds is 5. The number of hydrogen-bond donors (Lipinski definition) is 0. The summed E-state index contributed by atoms with van der Waals surface area (Å²) in [7, 11) is 0. The summed E-state index contributed by atoms with van der Waals surface area (Å²) < 4.78 is 2.19. The van der Waals surface area contributed by atoms with Gasteiger partial charge in [0.25, 0.3) is 0 Å². The number of aryl methyl sites for hydroxylation is 2. The van der Waals surface area contributed by atoms with E-state index in [-0.39, 0.29) is 0 Å². The highest BCUT2D eigenvalue weighted by molar-refractivity contribution is 6.17. The van der Waals surface area contributed by atoms with E-state index >= 15 is 0 Å². The van der Waals surface area contributed by atoms with Crippen molar-refractivity contribution in [1.82, 2.24) is 9.55 Å². The Labute approximate surface area is 78.6 Å².